The summed E-state index contributed by atoms with van der Waals surface area (Å²) in [6.07, 6.45) is 9.35. The van der Waals surface area contributed by atoms with Crippen LogP contribution in [-0.2, 0) is 0 Å². The first-order valence-corrected chi connectivity index (χ1v) is 40.5. The van der Waals surface area contributed by atoms with Crippen molar-refractivity contribution in [1.29, 1.82) is 0 Å². The summed E-state index contributed by atoms with van der Waals surface area (Å²) in [6.45, 7) is 34.1. The number of pyridine rings is 7. The zero-order valence-corrected chi connectivity index (χ0v) is 69.1. The quantitative estimate of drug-likeness (QED) is 0.139. The molecular formula is C97H91N17O4. The largest absolute Gasteiger partial charge is 0.435 e. The highest BCUT2D eigenvalue weighted by atomic mass is 16.4. The Hall–Kier alpha value is -14.0. The maximum Gasteiger partial charge on any atom is 0.227 e. The third-order valence-electron chi connectivity index (χ3n) is 23.4. The molecule has 0 radical (unpaired) electrons. The SMILES string of the molecule is Cc1ccc2c(n1)oc1c(N3c4cccnc4N(C(C)C)C3C)c(C)ccc12.Cc1ccc2c(n1)oc1c(N3c4cccnc4N(c4ccccc4)C3C)c(C)ccc12.Cc1ccc2c(n1)oc1c(N3c4ncccc4N(c4ccccc4)C3C)c(C)ccc12.Cc1ccc2c(n1)oc1c(N3c4nccnc4N(C(C)C)C3C)c(C)ccc12. The minimum Gasteiger partial charge on any atom is -0.435 e. The molecule has 0 spiro atoms. The molecule has 0 saturated carbocycles. The van der Waals surface area contributed by atoms with Gasteiger partial charge in [0.05, 0.1) is 39.8 Å². The Labute approximate surface area is 684 Å². The topological polar surface area (TPSA) is 194 Å². The summed E-state index contributed by atoms with van der Waals surface area (Å²) in [5.41, 5.74) is 24.3. The predicted molar refractivity (Wildman–Crippen MR) is 477 cm³/mol. The summed E-state index contributed by atoms with van der Waals surface area (Å²) in [7, 11) is 0. The molecule has 21 nitrogen and oxygen atoms in total. The number of benzene rings is 6. The minimum atomic E-state index is 0.0273. The fourth-order valence-corrected chi connectivity index (χ4v) is 18.2. The van der Waals surface area contributed by atoms with Crippen molar-refractivity contribution >= 4 is 169 Å². The van der Waals surface area contributed by atoms with E-state index in [0.717, 1.165) is 185 Å². The van der Waals surface area contributed by atoms with E-state index in [1.165, 1.54) is 5.56 Å². The number of furan rings is 4. The van der Waals surface area contributed by atoms with Gasteiger partial charge in [-0.3, -0.25) is 9.80 Å². The van der Waals surface area contributed by atoms with E-state index in [4.69, 9.17) is 32.6 Å². The van der Waals surface area contributed by atoms with Crippen molar-refractivity contribution in [3.05, 3.63) is 270 Å². The van der Waals surface area contributed by atoms with Gasteiger partial charge in [-0.1, -0.05) is 84.9 Å². The van der Waals surface area contributed by atoms with Gasteiger partial charge in [-0.2, -0.15) is 0 Å². The molecule has 0 N–H and O–H groups in total. The monoisotopic (exact) mass is 1560 g/mol. The van der Waals surface area contributed by atoms with E-state index in [2.05, 4.69) is 292 Å². The Morgan fingerprint density at radius 2 is 0.542 bits per heavy atom. The van der Waals surface area contributed by atoms with E-state index >= 15 is 0 Å². The van der Waals surface area contributed by atoms with Gasteiger partial charge in [0.25, 0.3) is 0 Å². The second-order valence-corrected chi connectivity index (χ2v) is 31.7. The van der Waals surface area contributed by atoms with Gasteiger partial charge in [-0.15, -0.1) is 0 Å². The lowest BCUT2D eigenvalue weighted by molar-refractivity contribution is 0.597. The second kappa shape index (κ2) is 29.1. The molecule has 4 atom stereocenters. The number of rotatable bonds is 8. The van der Waals surface area contributed by atoms with Gasteiger partial charge in [-0.05, 0) is 242 Å². The van der Waals surface area contributed by atoms with Crippen LogP contribution in [0.4, 0.5) is 80.3 Å². The van der Waals surface area contributed by atoms with Gasteiger partial charge in [-0.25, -0.2) is 44.9 Å². The van der Waals surface area contributed by atoms with Crippen LogP contribution in [0.5, 0.6) is 0 Å². The van der Waals surface area contributed by atoms with Crippen LogP contribution < -0.4 is 39.2 Å². The molecule has 0 fully saturated rings. The van der Waals surface area contributed by atoms with E-state index in [1.54, 1.807) is 12.4 Å². The molecule has 0 saturated heterocycles. The highest BCUT2D eigenvalue weighted by Gasteiger charge is 2.44. The summed E-state index contributed by atoms with van der Waals surface area (Å²) < 4.78 is 25.4. The lowest BCUT2D eigenvalue weighted by Crippen LogP contribution is -2.42. The number of fused-ring (bicyclic) bond motifs is 16. The van der Waals surface area contributed by atoms with Crippen molar-refractivity contribution in [2.45, 2.75) is 148 Å². The van der Waals surface area contributed by atoms with Crippen LogP contribution in [0.2, 0.25) is 0 Å². The number of aromatic nitrogens is 9. The number of anilines is 14. The third-order valence-corrected chi connectivity index (χ3v) is 23.4. The van der Waals surface area contributed by atoms with E-state index in [-0.39, 0.29) is 24.7 Å². The average molecular weight is 1560 g/mol. The number of hydrogen-bond donors (Lipinski definition) is 0. The molecule has 22 rings (SSSR count). The lowest BCUT2D eigenvalue weighted by atomic mass is 10.1. The van der Waals surface area contributed by atoms with E-state index in [1.807, 2.05) is 101 Å². The van der Waals surface area contributed by atoms with Gasteiger partial charge < -0.3 is 47.1 Å². The molecule has 4 aliphatic rings. The minimum absolute atomic E-state index is 0.0273. The van der Waals surface area contributed by atoms with Crippen LogP contribution in [-0.4, -0.2) is 81.6 Å². The molecule has 16 heterocycles. The van der Waals surface area contributed by atoms with E-state index < -0.39 is 0 Å². The fraction of sp³-hybridized carbons (Fsp3) is 0.227. The maximum absolute atomic E-state index is 6.37. The summed E-state index contributed by atoms with van der Waals surface area (Å²) in [5.74, 6) is 4.67. The number of para-hydroxylation sites is 2. The number of nitrogens with zero attached hydrogens (tertiary/aromatic N) is 17. The molecule has 4 unspecified atom stereocenters. The molecule has 0 aliphatic carbocycles. The summed E-state index contributed by atoms with van der Waals surface area (Å²) in [6, 6.07) is 67.6. The first-order valence-electron chi connectivity index (χ1n) is 40.5. The third kappa shape index (κ3) is 12.1. The molecular weight excluding hydrogens is 1470 g/mol. The smallest absolute Gasteiger partial charge is 0.227 e. The van der Waals surface area contributed by atoms with Gasteiger partial charge in [0.15, 0.2) is 51.4 Å². The number of aryl methyl sites for hydroxylation is 8. The molecule has 0 bridgehead atoms. The Balaban J connectivity index is 0.000000105. The Morgan fingerprint density at radius 3 is 0.941 bits per heavy atom. The molecule has 118 heavy (non-hydrogen) atoms. The van der Waals surface area contributed by atoms with Crippen LogP contribution >= 0.6 is 0 Å². The molecule has 21 heteroatoms. The molecule has 4 aliphatic heterocycles. The van der Waals surface area contributed by atoms with Crippen molar-refractivity contribution in [3.8, 4) is 0 Å². The van der Waals surface area contributed by atoms with Crippen molar-refractivity contribution in [3.63, 3.8) is 0 Å². The van der Waals surface area contributed by atoms with Crippen LogP contribution in [0.15, 0.2) is 243 Å². The standard InChI is InChI=1S/2C26H22N4O.C23H24N4O.C22H23N5O/c1-16-11-13-20-21-14-12-17(2)28-26(21)31-24(20)23(16)30-18(3)29(19-8-5-4-6-9-19)25-22(30)10-7-15-27-25;1-16-11-13-20-21-14-12-17(2)28-26(21)31-24(20)23(16)30-18(3)29(19-8-5-4-6-9-19)22-10-7-15-27-25(22)30;1-13(2)26-16(5)27(19-7-6-12-24-22(19)26)20-14(3)8-10-17-18-11-9-15(4)25-23(18)28-21(17)20;1-12(2)26-15(5)27(21-20(26)23-10-11-24-21)18-13(3)6-8-16-17-9-7-14(4)25-22(17)28-19(16)18/h2*4-15,18H,1-3H3;6-13,16H,1-5H3;6-12,15H,1-5H3. The summed E-state index contributed by atoms with van der Waals surface area (Å²) in [4.78, 5) is 60.5. The lowest BCUT2D eigenvalue weighted by Gasteiger charge is -2.33. The van der Waals surface area contributed by atoms with E-state index in [0.29, 0.717) is 34.9 Å². The van der Waals surface area contributed by atoms with Crippen molar-refractivity contribution in [1.82, 2.24) is 44.9 Å². The maximum atomic E-state index is 6.37. The average Bonchev–Trinajstić information content (AvgIpc) is 1.59. The van der Waals surface area contributed by atoms with Crippen LogP contribution in [0.25, 0.3) is 88.3 Å². The number of hydrogen-bond acceptors (Lipinski definition) is 21. The first-order chi connectivity index (χ1) is 57.2. The zero-order chi connectivity index (χ0) is 81.4. The van der Waals surface area contributed by atoms with Crippen LogP contribution in [0, 0.1) is 55.4 Å². The Morgan fingerprint density at radius 1 is 0.254 bits per heavy atom. The van der Waals surface area contributed by atoms with Crippen LogP contribution in [0.1, 0.15) is 100 Å². The second-order valence-electron chi connectivity index (χ2n) is 31.7. The van der Waals surface area contributed by atoms with E-state index in [9.17, 15) is 0 Å². The molecule has 6 aromatic carbocycles. The van der Waals surface area contributed by atoms with Crippen molar-refractivity contribution < 1.29 is 17.7 Å². The summed E-state index contributed by atoms with van der Waals surface area (Å²) in [5, 5.41) is 8.50. The fourth-order valence-electron chi connectivity index (χ4n) is 18.2. The molecule has 588 valence electrons. The normalized spacial score (nSPS) is 16.2. The highest BCUT2D eigenvalue weighted by molar-refractivity contribution is 6.14. The van der Waals surface area contributed by atoms with Crippen molar-refractivity contribution in [2.24, 2.45) is 0 Å². The van der Waals surface area contributed by atoms with Crippen molar-refractivity contribution in [2.75, 3.05) is 39.2 Å². The molecule has 12 aromatic heterocycles. The van der Waals surface area contributed by atoms with Crippen LogP contribution in [0.3, 0.4) is 0 Å². The van der Waals surface area contributed by atoms with Gasteiger partial charge in [0.1, 0.15) is 24.7 Å². The highest BCUT2D eigenvalue weighted by Crippen LogP contribution is 2.54. The predicted octanol–water partition coefficient (Wildman–Crippen LogP) is 24.1. The Bertz CT molecular complexity index is 6540. The van der Waals surface area contributed by atoms with Gasteiger partial charge in [0, 0.05) is 120 Å². The molecule has 18 aromatic rings. The zero-order valence-electron chi connectivity index (χ0n) is 69.1. The van der Waals surface area contributed by atoms with Gasteiger partial charge >= 0.3 is 0 Å². The Kier molecular flexibility index (Phi) is 18.3. The molecule has 0 amide bonds. The van der Waals surface area contributed by atoms with Gasteiger partial charge in [0.2, 0.25) is 22.9 Å². The first kappa shape index (κ1) is 74.2. The summed E-state index contributed by atoms with van der Waals surface area (Å²) >= 11 is 0.